The quantitative estimate of drug-likeness (QED) is 0.266. The number of ketones is 1. The first-order valence-corrected chi connectivity index (χ1v) is 10.9. The van der Waals surface area contributed by atoms with E-state index in [4.69, 9.17) is 0 Å². The number of halogens is 6. The van der Waals surface area contributed by atoms with Gasteiger partial charge in [-0.3, -0.25) is 4.79 Å². The molecule has 1 atom stereocenters. The summed E-state index contributed by atoms with van der Waals surface area (Å²) in [6.45, 7) is 4.83. The topological polar surface area (TPSA) is 34.9 Å². The molecule has 35 heavy (non-hydrogen) atoms. The Balaban J connectivity index is 1.93. The first kappa shape index (κ1) is 24.8. The molecule has 0 radical (unpaired) electrons. The number of carbonyl (C=O) groups is 1. The largest absolute Gasteiger partial charge is 0.459 e. The average molecular weight is 492 g/mol. The lowest BCUT2D eigenvalue weighted by Crippen LogP contribution is -2.36. The summed E-state index contributed by atoms with van der Waals surface area (Å²) in [5.41, 5.74) is -2.81. The number of nitrogens with zero attached hydrogens (tertiary/aromatic N) is 2. The number of benzene rings is 2. The summed E-state index contributed by atoms with van der Waals surface area (Å²) < 4.78 is 85.9. The molecule has 0 aliphatic carbocycles. The summed E-state index contributed by atoms with van der Waals surface area (Å²) in [6, 6.07) is 15.3. The SMILES string of the molecule is CC1=C(CC(F)c2ccccc2)n2nc(C(F)(F)C(F)(F)F)c(C(=O)c3ccccc3)c2C1(C)C. The number of allylic oxidation sites excluding steroid dienone is 2. The van der Waals surface area contributed by atoms with Gasteiger partial charge in [0, 0.05) is 23.1 Å². The van der Waals surface area contributed by atoms with E-state index in [2.05, 4.69) is 5.10 Å². The molecule has 4 rings (SSSR count). The fourth-order valence-electron chi connectivity index (χ4n) is 4.38. The van der Waals surface area contributed by atoms with Gasteiger partial charge in [0.1, 0.15) is 6.17 Å². The molecule has 0 fully saturated rings. The molecule has 3 aromatic rings. The fraction of sp³-hybridized carbons (Fsp3) is 0.308. The van der Waals surface area contributed by atoms with Gasteiger partial charge in [0.05, 0.1) is 11.3 Å². The standard InChI is InChI=1S/C26H22F6N2O/c1-15-19(14-18(27)16-10-6-4-7-11-16)34-23(24(15,2)3)20(21(35)17-12-8-5-9-13-17)22(33-34)25(28,29)26(30,31)32/h4-13,18H,14H2,1-3H3. The predicted octanol–water partition coefficient (Wildman–Crippen LogP) is 7.39. The van der Waals surface area contributed by atoms with Crippen LogP contribution in [0.1, 0.15) is 66.2 Å². The Morgan fingerprint density at radius 2 is 1.51 bits per heavy atom. The van der Waals surface area contributed by atoms with Gasteiger partial charge in [0.2, 0.25) is 0 Å². The normalized spacial score (nSPS) is 16.4. The molecular formula is C26H22F6N2O. The lowest BCUT2D eigenvalue weighted by Gasteiger charge is -2.23. The van der Waals surface area contributed by atoms with Crippen molar-refractivity contribution in [2.45, 2.75) is 50.9 Å². The first-order valence-electron chi connectivity index (χ1n) is 10.9. The van der Waals surface area contributed by atoms with E-state index in [1.807, 2.05) is 0 Å². The molecule has 184 valence electrons. The number of aromatic nitrogens is 2. The third-order valence-electron chi connectivity index (χ3n) is 6.55. The van der Waals surface area contributed by atoms with Crippen molar-refractivity contribution < 1.29 is 31.1 Å². The van der Waals surface area contributed by atoms with Crippen molar-refractivity contribution in [1.29, 1.82) is 0 Å². The maximum absolute atomic E-state index is 15.2. The van der Waals surface area contributed by atoms with Crippen molar-refractivity contribution in [3.8, 4) is 0 Å². The molecule has 0 amide bonds. The van der Waals surface area contributed by atoms with Crippen LogP contribution >= 0.6 is 0 Å². The van der Waals surface area contributed by atoms with Gasteiger partial charge in [-0.2, -0.15) is 27.1 Å². The average Bonchev–Trinajstić information content (AvgIpc) is 3.30. The van der Waals surface area contributed by atoms with Crippen molar-refractivity contribution in [3.05, 3.63) is 94.3 Å². The summed E-state index contributed by atoms with van der Waals surface area (Å²) >= 11 is 0. The lowest BCUT2D eigenvalue weighted by molar-refractivity contribution is -0.291. The van der Waals surface area contributed by atoms with Crippen LogP contribution in [0.25, 0.3) is 5.70 Å². The van der Waals surface area contributed by atoms with Crippen LogP contribution in [-0.4, -0.2) is 21.7 Å². The lowest BCUT2D eigenvalue weighted by atomic mass is 9.79. The minimum atomic E-state index is -5.98. The molecule has 0 N–H and O–H groups in total. The number of hydrogen-bond acceptors (Lipinski definition) is 2. The second kappa shape index (κ2) is 8.39. The summed E-state index contributed by atoms with van der Waals surface area (Å²) in [4.78, 5) is 13.4. The Bertz CT molecular complexity index is 1290. The summed E-state index contributed by atoms with van der Waals surface area (Å²) in [6.07, 6.45) is -7.86. The van der Waals surface area contributed by atoms with E-state index in [1.54, 1.807) is 57.2 Å². The molecule has 1 aromatic heterocycles. The zero-order valence-electron chi connectivity index (χ0n) is 19.1. The Morgan fingerprint density at radius 3 is 2.06 bits per heavy atom. The van der Waals surface area contributed by atoms with Crippen molar-refractivity contribution in [2.24, 2.45) is 0 Å². The van der Waals surface area contributed by atoms with Crippen molar-refractivity contribution in [3.63, 3.8) is 0 Å². The van der Waals surface area contributed by atoms with E-state index in [-0.39, 0.29) is 23.4 Å². The monoisotopic (exact) mass is 492 g/mol. The highest BCUT2D eigenvalue weighted by molar-refractivity contribution is 6.11. The third-order valence-corrected chi connectivity index (χ3v) is 6.55. The van der Waals surface area contributed by atoms with Crippen LogP contribution in [-0.2, 0) is 11.3 Å². The van der Waals surface area contributed by atoms with Crippen LogP contribution in [0.2, 0.25) is 0 Å². The molecule has 2 aromatic carbocycles. The Kier molecular flexibility index (Phi) is 5.93. The number of fused-ring (bicyclic) bond motifs is 1. The van der Waals surface area contributed by atoms with E-state index >= 15 is 4.39 Å². The van der Waals surface area contributed by atoms with Gasteiger partial charge in [0.15, 0.2) is 11.5 Å². The van der Waals surface area contributed by atoms with Gasteiger partial charge in [-0.15, -0.1) is 0 Å². The summed E-state index contributed by atoms with van der Waals surface area (Å²) in [5, 5.41) is 3.65. The number of rotatable bonds is 6. The smallest absolute Gasteiger partial charge is 0.288 e. The van der Waals surface area contributed by atoms with Gasteiger partial charge >= 0.3 is 12.1 Å². The third kappa shape index (κ3) is 3.96. The van der Waals surface area contributed by atoms with E-state index in [1.165, 1.54) is 24.3 Å². The number of carbonyl (C=O) groups excluding carboxylic acids is 1. The highest BCUT2D eigenvalue weighted by Crippen LogP contribution is 2.52. The summed E-state index contributed by atoms with van der Waals surface area (Å²) in [7, 11) is 0. The number of alkyl halides is 6. The van der Waals surface area contributed by atoms with Gasteiger partial charge in [0.25, 0.3) is 0 Å². The van der Waals surface area contributed by atoms with Crippen LogP contribution in [0.3, 0.4) is 0 Å². The molecule has 0 saturated carbocycles. The zero-order valence-corrected chi connectivity index (χ0v) is 19.1. The maximum atomic E-state index is 15.2. The second-order valence-corrected chi connectivity index (χ2v) is 9.03. The molecule has 0 spiro atoms. The van der Waals surface area contributed by atoms with Crippen LogP contribution in [0.4, 0.5) is 26.3 Å². The van der Waals surface area contributed by atoms with Crippen LogP contribution < -0.4 is 0 Å². The van der Waals surface area contributed by atoms with Gasteiger partial charge in [-0.05, 0) is 18.1 Å². The molecule has 1 aliphatic rings. The van der Waals surface area contributed by atoms with E-state index in [0.717, 1.165) is 4.68 Å². The van der Waals surface area contributed by atoms with Crippen LogP contribution in [0.15, 0.2) is 66.2 Å². The zero-order chi connectivity index (χ0) is 25.8. The van der Waals surface area contributed by atoms with Crippen LogP contribution in [0, 0.1) is 0 Å². The Labute approximate surface area is 198 Å². The first-order chi connectivity index (χ1) is 16.3. The van der Waals surface area contributed by atoms with Gasteiger partial charge < -0.3 is 0 Å². The Hall–Kier alpha value is -3.36. The molecule has 0 saturated heterocycles. The molecule has 0 bridgehead atoms. The molecule has 1 unspecified atom stereocenters. The second-order valence-electron chi connectivity index (χ2n) is 9.03. The van der Waals surface area contributed by atoms with Crippen LogP contribution in [0.5, 0.6) is 0 Å². The minimum absolute atomic E-state index is 0.0583. The molecule has 2 heterocycles. The van der Waals surface area contributed by atoms with Crippen molar-refractivity contribution in [1.82, 2.24) is 9.78 Å². The van der Waals surface area contributed by atoms with Crippen molar-refractivity contribution in [2.75, 3.05) is 0 Å². The van der Waals surface area contributed by atoms with Gasteiger partial charge in [-0.25, -0.2) is 9.07 Å². The highest BCUT2D eigenvalue weighted by Gasteiger charge is 2.63. The fourth-order valence-corrected chi connectivity index (χ4v) is 4.38. The van der Waals surface area contributed by atoms with Crippen molar-refractivity contribution >= 4 is 11.5 Å². The Morgan fingerprint density at radius 1 is 0.971 bits per heavy atom. The van der Waals surface area contributed by atoms with E-state index in [9.17, 15) is 26.7 Å². The van der Waals surface area contributed by atoms with E-state index in [0.29, 0.717) is 11.1 Å². The maximum Gasteiger partial charge on any atom is 0.459 e. The summed E-state index contributed by atoms with van der Waals surface area (Å²) in [5.74, 6) is -6.40. The predicted molar refractivity (Wildman–Crippen MR) is 119 cm³/mol. The molecule has 3 nitrogen and oxygen atoms in total. The molecule has 9 heteroatoms. The molecular weight excluding hydrogens is 470 g/mol. The van der Waals surface area contributed by atoms with E-state index < -0.39 is 40.7 Å². The van der Waals surface area contributed by atoms with Gasteiger partial charge in [-0.1, -0.05) is 74.5 Å². The molecule has 1 aliphatic heterocycles. The minimum Gasteiger partial charge on any atom is -0.288 e. The highest BCUT2D eigenvalue weighted by atomic mass is 19.4. The number of hydrogen-bond donors (Lipinski definition) is 0.